The predicted molar refractivity (Wildman–Crippen MR) is 49.3 cm³/mol. The number of hydrogen-bond donors (Lipinski definition) is 0. The molecule has 0 N–H and O–H groups in total. The van der Waals surface area contributed by atoms with Crippen molar-refractivity contribution in [1.82, 2.24) is 13.9 Å². The zero-order valence-corrected chi connectivity index (χ0v) is 7.84. The SMILES string of the molecule is Cn1c(=O)n2n(c1=O)C(C=O)=CC(=O)C2. The average Bonchev–Trinajstić information content (AvgIpc) is 2.43. The molecule has 0 fully saturated rings. The number of hydrogen-bond acceptors (Lipinski definition) is 4. The maximum Gasteiger partial charge on any atom is 0.351 e. The molecule has 1 aromatic heterocycles. The molecular formula is C8H7N3O4. The van der Waals surface area contributed by atoms with Gasteiger partial charge in [0.1, 0.15) is 12.2 Å². The molecular weight excluding hydrogens is 202 g/mol. The molecule has 1 aromatic rings. The molecule has 2 heterocycles. The van der Waals surface area contributed by atoms with Crippen LogP contribution in [-0.2, 0) is 23.2 Å². The second-order valence-electron chi connectivity index (χ2n) is 3.15. The third kappa shape index (κ3) is 1.13. The van der Waals surface area contributed by atoms with E-state index in [2.05, 4.69) is 0 Å². The number of rotatable bonds is 1. The third-order valence-electron chi connectivity index (χ3n) is 2.20. The number of nitrogens with zero attached hydrogens (tertiary/aromatic N) is 3. The molecule has 15 heavy (non-hydrogen) atoms. The van der Waals surface area contributed by atoms with Gasteiger partial charge in [-0.3, -0.25) is 9.59 Å². The molecule has 7 heteroatoms. The van der Waals surface area contributed by atoms with Gasteiger partial charge in [-0.25, -0.2) is 18.8 Å². The van der Waals surface area contributed by atoms with E-state index in [9.17, 15) is 19.2 Å². The zero-order valence-electron chi connectivity index (χ0n) is 7.84. The van der Waals surface area contributed by atoms with E-state index in [0.717, 1.165) is 20.0 Å². The largest absolute Gasteiger partial charge is 0.351 e. The molecule has 0 radical (unpaired) electrons. The van der Waals surface area contributed by atoms with E-state index in [1.807, 2.05) is 0 Å². The highest BCUT2D eigenvalue weighted by Crippen LogP contribution is 2.03. The highest BCUT2D eigenvalue weighted by Gasteiger charge is 2.22. The quantitative estimate of drug-likeness (QED) is 0.499. The average molecular weight is 209 g/mol. The number of carbonyl (C=O) groups is 2. The summed E-state index contributed by atoms with van der Waals surface area (Å²) in [6.07, 6.45) is 1.42. The molecule has 0 amide bonds. The molecule has 1 aliphatic rings. The molecule has 1 aliphatic heterocycles. The summed E-state index contributed by atoms with van der Waals surface area (Å²) in [5.41, 5.74) is -1.36. The number of ketones is 1. The van der Waals surface area contributed by atoms with Gasteiger partial charge in [0.2, 0.25) is 0 Å². The van der Waals surface area contributed by atoms with Gasteiger partial charge in [0.25, 0.3) is 0 Å². The lowest BCUT2D eigenvalue weighted by molar-refractivity contribution is -0.116. The van der Waals surface area contributed by atoms with Crippen LogP contribution in [0.1, 0.15) is 0 Å². The Morgan fingerprint density at radius 3 is 2.53 bits per heavy atom. The van der Waals surface area contributed by atoms with Crippen molar-refractivity contribution < 1.29 is 9.59 Å². The van der Waals surface area contributed by atoms with Crippen LogP contribution in [0.2, 0.25) is 0 Å². The Kier molecular flexibility index (Phi) is 1.82. The fraction of sp³-hybridized carbons (Fsp3) is 0.250. The van der Waals surface area contributed by atoms with Crippen molar-refractivity contribution in [2.75, 3.05) is 0 Å². The Hall–Kier alpha value is -2.18. The first-order valence-electron chi connectivity index (χ1n) is 4.15. The number of allylic oxidation sites excluding steroid dienone is 2. The van der Waals surface area contributed by atoms with Crippen molar-refractivity contribution in [3.8, 4) is 0 Å². The number of aldehydes is 1. The highest BCUT2D eigenvalue weighted by atomic mass is 16.2. The summed E-state index contributed by atoms with van der Waals surface area (Å²) in [7, 11) is 1.29. The Morgan fingerprint density at radius 1 is 1.27 bits per heavy atom. The van der Waals surface area contributed by atoms with Gasteiger partial charge < -0.3 is 0 Å². The first kappa shape index (κ1) is 9.38. The van der Waals surface area contributed by atoms with Gasteiger partial charge in [-0.2, -0.15) is 4.68 Å². The van der Waals surface area contributed by atoms with Gasteiger partial charge in [0, 0.05) is 13.1 Å². The predicted octanol–water partition coefficient (Wildman–Crippen LogP) is -2.03. The van der Waals surface area contributed by atoms with Crippen LogP contribution >= 0.6 is 0 Å². The van der Waals surface area contributed by atoms with E-state index in [1.54, 1.807) is 0 Å². The molecule has 0 bridgehead atoms. The fourth-order valence-electron chi connectivity index (χ4n) is 1.48. The van der Waals surface area contributed by atoms with Crippen LogP contribution in [0.5, 0.6) is 0 Å². The van der Waals surface area contributed by atoms with Gasteiger partial charge in [0.05, 0.1) is 0 Å². The van der Waals surface area contributed by atoms with Crippen LogP contribution in [-0.4, -0.2) is 26.0 Å². The maximum absolute atomic E-state index is 11.5. The molecule has 78 valence electrons. The zero-order chi connectivity index (χ0) is 11.2. The molecule has 0 spiro atoms. The van der Waals surface area contributed by atoms with Gasteiger partial charge in [-0.1, -0.05) is 0 Å². The van der Waals surface area contributed by atoms with Crippen molar-refractivity contribution in [3.05, 3.63) is 27.0 Å². The number of fused-ring (bicyclic) bond motifs is 1. The summed E-state index contributed by atoms with van der Waals surface area (Å²) in [5, 5.41) is 0. The minimum Gasteiger partial charge on any atom is -0.296 e. The molecule has 7 nitrogen and oxygen atoms in total. The number of carbonyl (C=O) groups excluding carboxylic acids is 2. The first-order valence-corrected chi connectivity index (χ1v) is 4.15. The van der Waals surface area contributed by atoms with Crippen molar-refractivity contribution in [2.24, 2.45) is 7.05 Å². The van der Waals surface area contributed by atoms with E-state index in [-0.39, 0.29) is 18.0 Å². The fourth-order valence-corrected chi connectivity index (χ4v) is 1.48. The molecule has 0 aliphatic carbocycles. The van der Waals surface area contributed by atoms with Crippen LogP contribution in [0, 0.1) is 0 Å². The van der Waals surface area contributed by atoms with Gasteiger partial charge >= 0.3 is 11.4 Å². The normalized spacial score (nSPS) is 14.7. The number of aromatic nitrogens is 3. The summed E-state index contributed by atoms with van der Waals surface area (Å²) in [4.78, 5) is 44.7. The second-order valence-corrected chi connectivity index (χ2v) is 3.15. The monoisotopic (exact) mass is 209 g/mol. The lowest BCUT2D eigenvalue weighted by Crippen LogP contribution is -2.33. The van der Waals surface area contributed by atoms with E-state index in [4.69, 9.17) is 0 Å². The smallest absolute Gasteiger partial charge is 0.296 e. The van der Waals surface area contributed by atoms with E-state index >= 15 is 0 Å². The summed E-state index contributed by atoms with van der Waals surface area (Å²) in [5.74, 6) is -0.384. The van der Waals surface area contributed by atoms with Crippen LogP contribution in [0.25, 0.3) is 5.70 Å². The van der Waals surface area contributed by atoms with Gasteiger partial charge in [0.15, 0.2) is 12.1 Å². The summed E-state index contributed by atoms with van der Waals surface area (Å²) >= 11 is 0. The van der Waals surface area contributed by atoms with Crippen LogP contribution < -0.4 is 11.4 Å². The van der Waals surface area contributed by atoms with Gasteiger partial charge in [-0.15, -0.1) is 0 Å². The summed E-state index contributed by atoms with van der Waals surface area (Å²) in [6.45, 7) is -0.216. The highest BCUT2D eigenvalue weighted by molar-refractivity contribution is 6.09. The molecule has 0 saturated heterocycles. The third-order valence-corrected chi connectivity index (χ3v) is 2.20. The Bertz CT molecular complexity index is 598. The van der Waals surface area contributed by atoms with Crippen LogP contribution in [0.15, 0.2) is 15.7 Å². The van der Waals surface area contributed by atoms with Crippen molar-refractivity contribution in [1.29, 1.82) is 0 Å². The molecule has 0 aromatic carbocycles. The Balaban J connectivity index is 2.89. The summed E-state index contributed by atoms with van der Waals surface area (Å²) < 4.78 is 2.68. The second kappa shape index (κ2) is 2.91. The topological polar surface area (TPSA) is 83.1 Å². The standard InChI is InChI=1S/C8H7N3O4/c1-9-7(14)10-3-6(13)2-5(4-12)11(10)8(9)15/h2,4H,3H2,1H3. The molecule has 0 saturated carbocycles. The van der Waals surface area contributed by atoms with E-state index in [1.165, 1.54) is 7.05 Å². The minimum absolute atomic E-state index is 0.117. The van der Waals surface area contributed by atoms with Crippen LogP contribution in [0.3, 0.4) is 0 Å². The van der Waals surface area contributed by atoms with Crippen LogP contribution in [0.4, 0.5) is 0 Å². The van der Waals surface area contributed by atoms with Crippen molar-refractivity contribution >= 4 is 17.8 Å². The molecule has 0 atom stereocenters. The van der Waals surface area contributed by atoms with Gasteiger partial charge in [-0.05, 0) is 0 Å². The molecule has 0 unspecified atom stereocenters. The van der Waals surface area contributed by atoms with Crippen molar-refractivity contribution in [3.63, 3.8) is 0 Å². The lowest BCUT2D eigenvalue weighted by atomic mass is 10.3. The van der Waals surface area contributed by atoms with Crippen molar-refractivity contribution in [2.45, 2.75) is 6.54 Å². The molecule has 2 rings (SSSR count). The first-order chi connectivity index (χ1) is 7.06. The lowest BCUT2D eigenvalue weighted by Gasteiger charge is -2.11. The Morgan fingerprint density at radius 2 is 1.93 bits per heavy atom. The minimum atomic E-state index is -0.633. The Labute approximate surface area is 82.8 Å². The van der Waals surface area contributed by atoms with E-state index in [0.29, 0.717) is 6.29 Å². The maximum atomic E-state index is 11.5. The summed E-state index contributed by atoms with van der Waals surface area (Å²) in [6, 6.07) is 0. The van der Waals surface area contributed by atoms with E-state index < -0.39 is 11.4 Å².